The van der Waals surface area contributed by atoms with Crippen LogP contribution in [0.5, 0.6) is 0 Å². The predicted octanol–water partition coefficient (Wildman–Crippen LogP) is 16.7. The number of hydrogen-bond donors (Lipinski definition) is 0. The van der Waals surface area contributed by atoms with Gasteiger partial charge in [-0.25, -0.2) is 19.3 Å². The van der Waals surface area contributed by atoms with Crippen molar-refractivity contribution in [3.8, 4) is 44.8 Å². The summed E-state index contributed by atoms with van der Waals surface area (Å²) in [6, 6.07) is 55.0. The third kappa shape index (κ3) is 13.6. The van der Waals surface area contributed by atoms with Gasteiger partial charge in [0.1, 0.15) is 0 Å². The average molecular weight is 897 g/mol. The second-order valence-corrected chi connectivity index (χ2v) is 17.6. The molecule has 0 fully saturated rings. The van der Waals surface area contributed by atoms with E-state index in [1.807, 2.05) is 73.1 Å². The summed E-state index contributed by atoms with van der Waals surface area (Å²) in [7, 11) is 0. The number of aryl methyl sites for hydroxylation is 2. The summed E-state index contributed by atoms with van der Waals surface area (Å²) in [4.78, 5) is 9.89. The molecule has 0 aliphatic rings. The highest BCUT2D eigenvalue weighted by atomic mass is 15.5. The molecular weight excluding hydrogens is 833 g/mol. The number of unbranched alkanes of at least 4 members (excludes halogenated alkanes) is 10. The van der Waals surface area contributed by atoms with E-state index in [2.05, 4.69) is 121 Å². The fourth-order valence-electron chi connectivity index (χ4n) is 8.35. The van der Waals surface area contributed by atoms with Crippen molar-refractivity contribution >= 4 is 24.3 Å². The molecule has 0 aliphatic heterocycles. The third-order valence-electron chi connectivity index (χ3n) is 12.4. The number of benzene rings is 6. The first-order valence-corrected chi connectivity index (χ1v) is 24.8. The molecule has 344 valence electrons. The Morgan fingerprint density at radius 1 is 0.368 bits per heavy atom. The Bertz CT molecular complexity index is 2620. The van der Waals surface area contributed by atoms with Gasteiger partial charge in [0, 0.05) is 11.1 Å². The molecule has 0 aliphatic carbocycles. The summed E-state index contributed by atoms with van der Waals surface area (Å²) in [6.07, 6.45) is 25.4. The molecule has 0 atom stereocenters. The zero-order valence-electron chi connectivity index (χ0n) is 39.8. The van der Waals surface area contributed by atoms with E-state index in [9.17, 15) is 0 Å². The van der Waals surface area contributed by atoms with Crippen molar-refractivity contribution < 1.29 is 0 Å². The fraction of sp³-hybridized carbons (Fsp3) is 0.267. The summed E-state index contributed by atoms with van der Waals surface area (Å²) in [5, 5.41) is 18.9. The smallest absolute Gasteiger partial charge is 0.208 e. The van der Waals surface area contributed by atoms with Gasteiger partial charge in [-0.2, -0.15) is 10.2 Å². The van der Waals surface area contributed by atoms with Crippen LogP contribution in [0.25, 0.3) is 44.8 Å². The standard InChI is InChI=1S/C60H64N8/c1-3-5-7-9-11-15-21-47-27-31-51(32-28-47)53-35-39-55(40-36-53)57-45-67(61-43-49-23-17-13-18-24-49)59(63-57)65-66-60-64-58(46-68(60)62-44-50-25-19-14-20-26-50)56-41-37-54(38-42-56)52-33-29-48(30-34-52)22-16-12-10-8-6-4-2/h13-14,17-20,23-46H,3-12,15-16,21-22H2,1-2H3/b61-43+,62-44+,66-65+. The summed E-state index contributed by atoms with van der Waals surface area (Å²) in [5.74, 6) is 0.616. The Hall–Kier alpha value is -7.32. The molecule has 0 spiro atoms. The number of hydrogen-bond acceptors (Lipinski definition) is 6. The van der Waals surface area contributed by atoms with Crippen molar-refractivity contribution in [2.45, 2.75) is 104 Å². The molecular formula is C60H64N8. The lowest BCUT2D eigenvalue weighted by molar-refractivity contribution is 0.607. The molecule has 8 aromatic rings. The van der Waals surface area contributed by atoms with E-state index in [4.69, 9.17) is 20.2 Å². The molecule has 2 aromatic heterocycles. The van der Waals surface area contributed by atoms with Crippen LogP contribution >= 0.6 is 0 Å². The Morgan fingerprint density at radius 3 is 1.06 bits per heavy atom. The lowest BCUT2D eigenvalue weighted by Gasteiger charge is -2.06. The minimum atomic E-state index is 0.308. The van der Waals surface area contributed by atoms with Crippen LogP contribution in [-0.4, -0.2) is 31.7 Å². The first-order chi connectivity index (χ1) is 33.6. The second-order valence-electron chi connectivity index (χ2n) is 17.6. The highest BCUT2D eigenvalue weighted by Crippen LogP contribution is 2.30. The van der Waals surface area contributed by atoms with Gasteiger partial charge in [0.05, 0.1) is 36.2 Å². The van der Waals surface area contributed by atoms with Crippen LogP contribution in [0.2, 0.25) is 0 Å². The van der Waals surface area contributed by atoms with E-state index in [1.165, 1.54) is 99.3 Å². The molecule has 8 nitrogen and oxygen atoms in total. The largest absolute Gasteiger partial charge is 0.270 e. The molecule has 68 heavy (non-hydrogen) atoms. The number of aromatic nitrogens is 4. The van der Waals surface area contributed by atoms with Crippen LogP contribution in [-0.2, 0) is 12.8 Å². The highest BCUT2D eigenvalue weighted by Gasteiger charge is 2.14. The van der Waals surface area contributed by atoms with Gasteiger partial charge in [0.15, 0.2) is 0 Å². The average Bonchev–Trinajstić information content (AvgIpc) is 4.01. The topological polar surface area (TPSA) is 85.1 Å². The molecule has 8 rings (SSSR count). The van der Waals surface area contributed by atoms with Crippen molar-refractivity contribution in [3.05, 3.63) is 192 Å². The maximum absolute atomic E-state index is 4.95. The second kappa shape index (κ2) is 25.0. The first kappa shape index (κ1) is 47.2. The van der Waals surface area contributed by atoms with E-state index in [0.29, 0.717) is 11.9 Å². The van der Waals surface area contributed by atoms with Crippen LogP contribution < -0.4 is 0 Å². The monoisotopic (exact) mass is 897 g/mol. The van der Waals surface area contributed by atoms with Gasteiger partial charge in [-0.3, -0.25) is 0 Å². The lowest BCUT2D eigenvalue weighted by atomic mass is 9.99. The minimum absolute atomic E-state index is 0.308. The van der Waals surface area contributed by atoms with Crippen LogP contribution in [0.3, 0.4) is 0 Å². The number of imidazole rings is 2. The van der Waals surface area contributed by atoms with E-state index in [1.54, 1.807) is 21.8 Å². The Kier molecular flexibility index (Phi) is 17.3. The van der Waals surface area contributed by atoms with E-state index < -0.39 is 0 Å². The van der Waals surface area contributed by atoms with Gasteiger partial charge < -0.3 is 0 Å². The number of azo groups is 1. The molecule has 2 heterocycles. The molecule has 0 saturated heterocycles. The molecule has 8 heteroatoms. The normalized spacial score (nSPS) is 11.7. The third-order valence-corrected chi connectivity index (χ3v) is 12.4. The van der Waals surface area contributed by atoms with E-state index >= 15 is 0 Å². The van der Waals surface area contributed by atoms with Crippen LogP contribution in [0.4, 0.5) is 11.9 Å². The van der Waals surface area contributed by atoms with Gasteiger partial charge in [-0.1, -0.05) is 236 Å². The van der Waals surface area contributed by atoms with Crippen molar-refractivity contribution in [1.29, 1.82) is 0 Å². The molecule has 0 bridgehead atoms. The van der Waals surface area contributed by atoms with Crippen molar-refractivity contribution in [3.63, 3.8) is 0 Å². The Morgan fingerprint density at radius 2 is 0.691 bits per heavy atom. The predicted molar refractivity (Wildman–Crippen MR) is 283 cm³/mol. The molecule has 0 radical (unpaired) electrons. The molecule has 6 aromatic carbocycles. The van der Waals surface area contributed by atoms with Gasteiger partial charge >= 0.3 is 0 Å². The van der Waals surface area contributed by atoms with Gasteiger partial charge in [-0.05, 0) is 70.2 Å². The number of rotatable bonds is 24. The Labute approximate surface area is 403 Å². The fourth-order valence-corrected chi connectivity index (χ4v) is 8.35. The van der Waals surface area contributed by atoms with Crippen LogP contribution in [0.15, 0.2) is 191 Å². The van der Waals surface area contributed by atoms with Crippen LogP contribution in [0, 0.1) is 0 Å². The van der Waals surface area contributed by atoms with Gasteiger partial charge in [-0.15, -0.1) is 10.2 Å². The quantitative estimate of drug-likeness (QED) is 0.0344. The summed E-state index contributed by atoms with van der Waals surface area (Å²) in [6.45, 7) is 4.54. The summed E-state index contributed by atoms with van der Waals surface area (Å²) >= 11 is 0. The summed E-state index contributed by atoms with van der Waals surface area (Å²) < 4.78 is 3.31. The molecule has 0 amide bonds. The van der Waals surface area contributed by atoms with Crippen molar-refractivity contribution in [2.24, 2.45) is 20.4 Å². The van der Waals surface area contributed by atoms with Crippen molar-refractivity contribution in [2.75, 3.05) is 0 Å². The SMILES string of the molecule is CCCCCCCCc1ccc(-c2ccc(-c3cn(/N=C/c4ccccc4)c(/N=N/c4nc(-c5ccc(-c6ccc(CCCCCCCC)cc6)cc5)cn4/N=C/c4ccccc4)n3)cc2)cc1. The number of nitrogens with zero attached hydrogens (tertiary/aromatic N) is 8. The molecule has 0 N–H and O–H groups in total. The molecule has 0 saturated carbocycles. The zero-order chi connectivity index (χ0) is 46.6. The minimum Gasteiger partial charge on any atom is -0.208 e. The van der Waals surface area contributed by atoms with Gasteiger partial charge in [0.25, 0.3) is 11.9 Å². The molecule has 0 unspecified atom stereocenters. The zero-order valence-corrected chi connectivity index (χ0v) is 39.8. The highest BCUT2D eigenvalue weighted by molar-refractivity contribution is 5.80. The summed E-state index contributed by atoms with van der Waals surface area (Å²) in [5.41, 5.74) is 12.7. The van der Waals surface area contributed by atoms with Crippen LogP contribution in [0.1, 0.15) is 113 Å². The maximum atomic E-state index is 4.95. The maximum Gasteiger partial charge on any atom is 0.270 e. The first-order valence-electron chi connectivity index (χ1n) is 24.8. The lowest BCUT2D eigenvalue weighted by Crippen LogP contribution is -1.90. The van der Waals surface area contributed by atoms with E-state index in [0.717, 1.165) is 57.6 Å². The van der Waals surface area contributed by atoms with Gasteiger partial charge in [0.2, 0.25) is 0 Å². The Balaban J connectivity index is 1.02. The van der Waals surface area contributed by atoms with E-state index in [-0.39, 0.29) is 0 Å². The van der Waals surface area contributed by atoms with Crippen molar-refractivity contribution in [1.82, 2.24) is 19.3 Å².